The average Bonchev–Trinajstić information content (AvgIpc) is 2.61. The zero-order valence-electron chi connectivity index (χ0n) is 14.9. The largest absolute Gasteiger partial charge is 0.484 e. The van der Waals surface area contributed by atoms with E-state index in [1.165, 1.54) is 0 Å². The van der Waals surface area contributed by atoms with Gasteiger partial charge in [-0.1, -0.05) is 18.2 Å². The van der Waals surface area contributed by atoms with Crippen molar-refractivity contribution >= 4 is 17.5 Å². The highest BCUT2D eigenvalue weighted by Crippen LogP contribution is 2.14. The predicted molar refractivity (Wildman–Crippen MR) is 99.0 cm³/mol. The molecule has 0 radical (unpaired) electrons. The van der Waals surface area contributed by atoms with Gasteiger partial charge in [0.1, 0.15) is 5.75 Å². The van der Waals surface area contributed by atoms with Crippen LogP contribution in [-0.4, -0.2) is 36.4 Å². The van der Waals surface area contributed by atoms with Gasteiger partial charge in [-0.05, 0) is 56.7 Å². The fourth-order valence-electron chi connectivity index (χ4n) is 2.47. The van der Waals surface area contributed by atoms with Crippen molar-refractivity contribution in [1.82, 2.24) is 4.90 Å². The summed E-state index contributed by atoms with van der Waals surface area (Å²) in [6.07, 6.45) is 0. The molecule has 0 atom stereocenters. The number of amides is 2. The number of carbonyl (C=O) groups is 2. The fraction of sp³-hybridized carbons (Fsp3) is 0.300. The molecule has 25 heavy (non-hydrogen) atoms. The number of carbonyl (C=O) groups excluding carboxylic acids is 2. The number of anilines is 1. The molecule has 0 fully saturated rings. The lowest BCUT2D eigenvalue weighted by Gasteiger charge is -2.19. The van der Waals surface area contributed by atoms with E-state index in [2.05, 4.69) is 5.32 Å². The Morgan fingerprint density at radius 3 is 2.44 bits per heavy atom. The van der Waals surface area contributed by atoms with Gasteiger partial charge >= 0.3 is 0 Å². The van der Waals surface area contributed by atoms with Gasteiger partial charge in [-0.25, -0.2) is 0 Å². The summed E-state index contributed by atoms with van der Waals surface area (Å²) < 4.78 is 5.48. The molecule has 0 bridgehead atoms. The number of hydrogen-bond donors (Lipinski definition) is 1. The first kappa shape index (κ1) is 18.5. The van der Waals surface area contributed by atoms with Crippen LogP contribution in [0.1, 0.15) is 29.8 Å². The average molecular weight is 340 g/mol. The Bertz CT molecular complexity index is 739. The van der Waals surface area contributed by atoms with Crippen LogP contribution in [0.15, 0.2) is 48.5 Å². The lowest BCUT2D eigenvalue weighted by atomic mass is 10.1. The Morgan fingerprint density at radius 1 is 1.04 bits per heavy atom. The van der Waals surface area contributed by atoms with E-state index in [1.807, 2.05) is 45.0 Å². The minimum Gasteiger partial charge on any atom is -0.484 e. The fourth-order valence-corrected chi connectivity index (χ4v) is 2.47. The molecule has 5 heteroatoms. The molecular weight excluding hydrogens is 316 g/mol. The number of ether oxygens (including phenoxy) is 1. The van der Waals surface area contributed by atoms with Crippen LogP contribution in [-0.2, 0) is 4.79 Å². The second kappa shape index (κ2) is 8.87. The van der Waals surface area contributed by atoms with E-state index in [0.29, 0.717) is 30.1 Å². The molecule has 0 aromatic heterocycles. The molecule has 2 rings (SSSR count). The van der Waals surface area contributed by atoms with Crippen LogP contribution in [0.5, 0.6) is 5.75 Å². The maximum Gasteiger partial charge on any atom is 0.262 e. The van der Waals surface area contributed by atoms with Crippen LogP contribution in [0.25, 0.3) is 0 Å². The second-order valence-electron chi connectivity index (χ2n) is 5.71. The number of nitrogens with zero attached hydrogens (tertiary/aromatic N) is 1. The van der Waals surface area contributed by atoms with Gasteiger partial charge in [0, 0.05) is 24.3 Å². The lowest BCUT2D eigenvalue weighted by molar-refractivity contribution is -0.118. The van der Waals surface area contributed by atoms with E-state index in [1.54, 1.807) is 29.2 Å². The first-order valence-corrected chi connectivity index (χ1v) is 8.42. The molecule has 0 heterocycles. The molecule has 0 aliphatic heterocycles. The van der Waals surface area contributed by atoms with E-state index in [4.69, 9.17) is 4.74 Å². The number of benzene rings is 2. The normalized spacial score (nSPS) is 10.2. The minimum absolute atomic E-state index is 0.0443. The molecule has 0 saturated heterocycles. The van der Waals surface area contributed by atoms with Crippen molar-refractivity contribution < 1.29 is 14.3 Å². The molecule has 2 aromatic rings. The monoisotopic (exact) mass is 340 g/mol. The van der Waals surface area contributed by atoms with E-state index in [9.17, 15) is 9.59 Å². The van der Waals surface area contributed by atoms with Gasteiger partial charge in [-0.15, -0.1) is 0 Å². The van der Waals surface area contributed by atoms with Crippen molar-refractivity contribution in [3.05, 3.63) is 59.7 Å². The van der Waals surface area contributed by atoms with Gasteiger partial charge in [-0.2, -0.15) is 0 Å². The van der Waals surface area contributed by atoms with Gasteiger partial charge in [0.15, 0.2) is 6.61 Å². The highest BCUT2D eigenvalue weighted by atomic mass is 16.5. The van der Waals surface area contributed by atoms with E-state index >= 15 is 0 Å². The molecule has 0 unspecified atom stereocenters. The summed E-state index contributed by atoms with van der Waals surface area (Å²) in [5, 5.41) is 2.76. The Hall–Kier alpha value is -2.82. The van der Waals surface area contributed by atoms with Crippen molar-refractivity contribution in [1.29, 1.82) is 0 Å². The highest BCUT2D eigenvalue weighted by Gasteiger charge is 2.13. The molecular formula is C20H24N2O3. The smallest absolute Gasteiger partial charge is 0.262 e. The summed E-state index contributed by atoms with van der Waals surface area (Å²) >= 11 is 0. The summed E-state index contributed by atoms with van der Waals surface area (Å²) in [4.78, 5) is 26.2. The van der Waals surface area contributed by atoms with Crippen LogP contribution >= 0.6 is 0 Å². The van der Waals surface area contributed by atoms with E-state index < -0.39 is 0 Å². The lowest BCUT2D eigenvalue weighted by Crippen LogP contribution is -2.30. The summed E-state index contributed by atoms with van der Waals surface area (Å²) in [5.74, 6) is 0.340. The van der Waals surface area contributed by atoms with Gasteiger partial charge in [0.25, 0.3) is 11.8 Å². The number of aryl methyl sites for hydroxylation is 1. The third kappa shape index (κ3) is 5.35. The molecule has 0 saturated carbocycles. The molecule has 132 valence electrons. The Kier molecular flexibility index (Phi) is 6.57. The zero-order valence-corrected chi connectivity index (χ0v) is 14.9. The molecule has 0 spiro atoms. The van der Waals surface area contributed by atoms with Crippen molar-refractivity contribution in [3.8, 4) is 5.75 Å². The molecule has 5 nitrogen and oxygen atoms in total. The summed E-state index contributed by atoms with van der Waals surface area (Å²) in [6, 6.07) is 14.5. The molecule has 2 amide bonds. The standard InChI is InChI=1S/C20H24N2O3/c1-4-22(5-2)20(24)16-9-7-10-17(13-16)21-19(23)14-25-18-11-6-8-15(3)12-18/h6-13H,4-5,14H2,1-3H3,(H,21,23). The maximum atomic E-state index is 12.4. The molecule has 0 aliphatic carbocycles. The first-order valence-electron chi connectivity index (χ1n) is 8.42. The first-order chi connectivity index (χ1) is 12.0. The quantitative estimate of drug-likeness (QED) is 0.839. The van der Waals surface area contributed by atoms with Crippen LogP contribution in [0.2, 0.25) is 0 Å². The van der Waals surface area contributed by atoms with Crippen LogP contribution in [0.4, 0.5) is 5.69 Å². The summed E-state index contributed by atoms with van der Waals surface area (Å²) in [6.45, 7) is 7.06. The molecule has 2 aromatic carbocycles. The number of nitrogens with one attached hydrogen (secondary N) is 1. The third-order valence-electron chi connectivity index (χ3n) is 3.80. The Morgan fingerprint density at radius 2 is 1.76 bits per heavy atom. The topological polar surface area (TPSA) is 58.6 Å². The van der Waals surface area contributed by atoms with E-state index in [0.717, 1.165) is 5.56 Å². The van der Waals surface area contributed by atoms with E-state index in [-0.39, 0.29) is 18.4 Å². The van der Waals surface area contributed by atoms with Crippen LogP contribution in [0, 0.1) is 6.92 Å². The van der Waals surface area contributed by atoms with Crippen molar-refractivity contribution in [2.24, 2.45) is 0 Å². The highest BCUT2D eigenvalue weighted by molar-refractivity contribution is 5.97. The Balaban J connectivity index is 1.97. The van der Waals surface area contributed by atoms with Crippen LogP contribution in [0.3, 0.4) is 0 Å². The van der Waals surface area contributed by atoms with Crippen molar-refractivity contribution in [2.75, 3.05) is 25.0 Å². The van der Waals surface area contributed by atoms with Crippen molar-refractivity contribution in [3.63, 3.8) is 0 Å². The minimum atomic E-state index is -0.269. The number of rotatable bonds is 7. The van der Waals surface area contributed by atoms with Crippen LogP contribution < -0.4 is 10.1 Å². The van der Waals surface area contributed by atoms with Crippen molar-refractivity contribution in [2.45, 2.75) is 20.8 Å². The van der Waals surface area contributed by atoms with Gasteiger partial charge in [-0.3, -0.25) is 9.59 Å². The SMILES string of the molecule is CCN(CC)C(=O)c1cccc(NC(=O)COc2cccc(C)c2)c1. The zero-order chi connectivity index (χ0) is 18.2. The number of hydrogen-bond acceptors (Lipinski definition) is 3. The van der Waals surface area contributed by atoms with Gasteiger partial charge in [0.2, 0.25) is 0 Å². The molecule has 0 aliphatic rings. The molecule has 1 N–H and O–H groups in total. The maximum absolute atomic E-state index is 12.4. The van der Waals surface area contributed by atoms with Gasteiger partial charge in [0.05, 0.1) is 0 Å². The second-order valence-corrected chi connectivity index (χ2v) is 5.71. The third-order valence-corrected chi connectivity index (χ3v) is 3.80. The Labute approximate surface area is 148 Å². The summed E-state index contributed by atoms with van der Waals surface area (Å²) in [7, 11) is 0. The predicted octanol–water partition coefficient (Wildman–Crippen LogP) is 3.49. The van der Waals surface area contributed by atoms with Gasteiger partial charge < -0.3 is 15.0 Å². The summed E-state index contributed by atoms with van der Waals surface area (Å²) in [5.41, 5.74) is 2.21.